The number of hydrogen-bond acceptors (Lipinski definition) is 4. The van der Waals surface area contributed by atoms with Crippen molar-refractivity contribution in [3.8, 4) is 28.3 Å². The number of ether oxygens (including phenoxy) is 1. The maximum atomic E-state index is 14.2. The van der Waals surface area contributed by atoms with E-state index in [0.717, 1.165) is 6.07 Å². The third kappa shape index (κ3) is 6.20. The van der Waals surface area contributed by atoms with Crippen LogP contribution in [0.2, 0.25) is 5.02 Å². The summed E-state index contributed by atoms with van der Waals surface area (Å²) >= 11 is 6.01. The van der Waals surface area contributed by atoms with Gasteiger partial charge in [0.25, 0.3) is 5.91 Å². The second-order valence-corrected chi connectivity index (χ2v) is 11.1. The number of nitrogens with zero attached hydrogens (tertiary/aromatic N) is 1. The van der Waals surface area contributed by atoms with Crippen molar-refractivity contribution in [1.82, 2.24) is 10.3 Å². The van der Waals surface area contributed by atoms with Gasteiger partial charge < -0.3 is 15.2 Å². The summed E-state index contributed by atoms with van der Waals surface area (Å²) in [7, 11) is 0. The molecule has 2 heterocycles. The van der Waals surface area contributed by atoms with Gasteiger partial charge in [0.2, 0.25) is 5.88 Å². The minimum atomic E-state index is -5.14. The van der Waals surface area contributed by atoms with Crippen LogP contribution in [-0.4, -0.2) is 27.2 Å². The molecule has 12 heteroatoms. The summed E-state index contributed by atoms with van der Waals surface area (Å²) in [5.74, 6) is -0.793. The zero-order valence-electron chi connectivity index (χ0n) is 21.8. The highest BCUT2D eigenvalue weighted by Crippen LogP contribution is 2.47. The number of alkyl halides is 6. The summed E-state index contributed by atoms with van der Waals surface area (Å²) in [5.41, 5.74) is -5.66. The Hall–Kier alpha value is -3.31. The summed E-state index contributed by atoms with van der Waals surface area (Å²) in [6.45, 7) is 5.98. The van der Waals surface area contributed by atoms with E-state index < -0.39 is 52.2 Å². The van der Waals surface area contributed by atoms with Crippen LogP contribution in [0, 0.1) is 0 Å². The number of hydrogen-bond donors (Lipinski definition) is 2. The average molecular weight is 587 g/mol. The van der Waals surface area contributed by atoms with Crippen molar-refractivity contribution in [3.63, 3.8) is 0 Å². The Morgan fingerprint density at radius 1 is 1.00 bits per heavy atom. The van der Waals surface area contributed by atoms with Crippen LogP contribution in [0.15, 0.2) is 48.5 Å². The Bertz CT molecular complexity index is 1440. The molecule has 0 spiro atoms. The molecule has 1 aromatic heterocycles. The SMILES string of the molecule is CC1(C)CC(NC(=O)C(C)(C)O)c2cc(-c3ccc(Cl)cc3)c(-c3ccc(C(F)(F)F)cc3C(F)(F)F)nc2O1. The molecular weight excluding hydrogens is 562 g/mol. The summed E-state index contributed by atoms with van der Waals surface area (Å²) in [4.78, 5) is 17.1. The van der Waals surface area contributed by atoms with Crippen LogP contribution >= 0.6 is 11.6 Å². The topological polar surface area (TPSA) is 71.5 Å². The molecule has 0 aliphatic carbocycles. The molecule has 0 saturated carbocycles. The molecule has 0 radical (unpaired) electrons. The van der Waals surface area contributed by atoms with Crippen LogP contribution in [0.1, 0.15) is 56.8 Å². The third-order valence-electron chi connectivity index (χ3n) is 6.38. The molecule has 2 aromatic carbocycles. The molecule has 0 fully saturated rings. The Balaban J connectivity index is 2.01. The minimum absolute atomic E-state index is 0.0548. The van der Waals surface area contributed by atoms with E-state index in [9.17, 15) is 36.2 Å². The van der Waals surface area contributed by atoms with Gasteiger partial charge in [0.15, 0.2) is 0 Å². The number of carbonyl (C=O) groups excluding carboxylic acids is 1. The van der Waals surface area contributed by atoms with E-state index in [1.165, 1.54) is 44.2 Å². The highest BCUT2D eigenvalue weighted by molar-refractivity contribution is 6.30. The van der Waals surface area contributed by atoms with Crippen LogP contribution < -0.4 is 10.1 Å². The van der Waals surface area contributed by atoms with Gasteiger partial charge >= 0.3 is 12.4 Å². The fourth-order valence-electron chi connectivity index (χ4n) is 4.43. The molecule has 1 amide bonds. The zero-order valence-corrected chi connectivity index (χ0v) is 22.5. The number of aromatic nitrogens is 1. The first kappa shape index (κ1) is 29.7. The van der Waals surface area contributed by atoms with E-state index in [1.807, 2.05) is 0 Å². The van der Waals surface area contributed by atoms with Crippen LogP contribution in [0.4, 0.5) is 26.3 Å². The number of carbonyl (C=O) groups is 1. The van der Waals surface area contributed by atoms with Crippen LogP contribution in [-0.2, 0) is 17.1 Å². The lowest BCUT2D eigenvalue weighted by Crippen LogP contribution is -2.47. The number of pyridine rings is 1. The molecule has 0 saturated heterocycles. The molecule has 1 aliphatic heterocycles. The smallest absolute Gasteiger partial charge is 0.417 e. The second kappa shape index (κ2) is 9.95. The van der Waals surface area contributed by atoms with Gasteiger partial charge in [0, 0.05) is 28.1 Å². The Morgan fingerprint density at radius 2 is 1.62 bits per heavy atom. The quantitative estimate of drug-likeness (QED) is 0.309. The van der Waals surface area contributed by atoms with Crippen molar-refractivity contribution in [3.05, 3.63) is 70.2 Å². The van der Waals surface area contributed by atoms with Gasteiger partial charge in [-0.1, -0.05) is 29.8 Å². The number of amides is 1. The number of nitrogens with one attached hydrogen (secondary N) is 1. The van der Waals surface area contributed by atoms with E-state index in [-0.39, 0.29) is 29.6 Å². The first-order valence-electron chi connectivity index (χ1n) is 12.1. The van der Waals surface area contributed by atoms with Crippen molar-refractivity contribution >= 4 is 17.5 Å². The fourth-order valence-corrected chi connectivity index (χ4v) is 4.55. The lowest BCUT2D eigenvalue weighted by atomic mass is 9.87. The van der Waals surface area contributed by atoms with Gasteiger partial charge in [-0.25, -0.2) is 4.98 Å². The maximum Gasteiger partial charge on any atom is 0.417 e. The van der Waals surface area contributed by atoms with E-state index in [2.05, 4.69) is 10.3 Å². The first-order chi connectivity index (χ1) is 18.3. The molecule has 4 rings (SSSR count). The van der Waals surface area contributed by atoms with Crippen LogP contribution in [0.3, 0.4) is 0 Å². The average Bonchev–Trinajstić information content (AvgIpc) is 2.81. The third-order valence-corrected chi connectivity index (χ3v) is 6.63. The van der Waals surface area contributed by atoms with Crippen molar-refractivity contribution < 1.29 is 41.0 Å². The summed E-state index contributed by atoms with van der Waals surface area (Å²) < 4.78 is 88.5. The van der Waals surface area contributed by atoms with Crippen LogP contribution in [0.5, 0.6) is 5.88 Å². The van der Waals surface area contributed by atoms with Gasteiger partial charge in [-0.05, 0) is 63.6 Å². The van der Waals surface area contributed by atoms with Crippen molar-refractivity contribution in [2.45, 2.75) is 63.7 Å². The van der Waals surface area contributed by atoms with E-state index in [0.29, 0.717) is 22.2 Å². The molecule has 214 valence electrons. The number of aliphatic hydroxyl groups is 1. The fraction of sp³-hybridized carbons (Fsp3) is 0.357. The number of rotatable bonds is 4. The van der Waals surface area contributed by atoms with Crippen molar-refractivity contribution in [2.24, 2.45) is 0 Å². The van der Waals surface area contributed by atoms with E-state index in [4.69, 9.17) is 16.3 Å². The number of benzene rings is 2. The summed E-state index contributed by atoms with van der Waals surface area (Å²) in [6.07, 6.45) is -9.91. The lowest BCUT2D eigenvalue weighted by molar-refractivity contribution is -0.142. The minimum Gasteiger partial charge on any atom is -0.471 e. The number of fused-ring (bicyclic) bond motifs is 1. The predicted molar refractivity (Wildman–Crippen MR) is 137 cm³/mol. The Labute approximate surface area is 231 Å². The Kier molecular flexibility index (Phi) is 7.38. The molecule has 5 nitrogen and oxygen atoms in total. The normalized spacial score (nSPS) is 17.1. The first-order valence-corrected chi connectivity index (χ1v) is 12.5. The van der Waals surface area contributed by atoms with E-state index in [1.54, 1.807) is 13.8 Å². The van der Waals surface area contributed by atoms with Gasteiger partial charge in [-0.3, -0.25) is 4.79 Å². The van der Waals surface area contributed by atoms with Gasteiger partial charge in [0.05, 0.1) is 22.9 Å². The van der Waals surface area contributed by atoms with E-state index >= 15 is 0 Å². The molecule has 2 N–H and O–H groups in total. The standard InChI is InChI=1S/C28H25ClF6N2O3/c1-25(2)13-21(36-24(38)26(3,4)39)19-12-18(14-5-8-16(29)9-6-14)22(37-23(19)40-25)17-10-7-15(27(30,31)32)11-20(17)28(33,34)35/h5-12,21,39H,13H2,1-4H3,(H,36,38). The molecule has 1 atom stereocenters. The van der Waals surface area contributed by atoms with Crippen molar-refractivity contribution in [1.29, 1.82) is 0 Å². The molecule has 0 bridgehead atoms. The van der Waals surface area contributed by atoms with Gasteiger partial charge in [-0.15, -0.1) is 0 Å². The molecule has 40 heavy (non-hydrogen) atoms. The lowest BCUT2D eigenvalue weighted by Gasteiger charge is -2.38. The largest absolute Gasteiger partial charge is 0.471 e. The highest BCUT2D eigenvalue weighted by Gasteiger charge is 2.41. The molecular formula is C28H25ClF6N2O3. The van der Waals surface area contributed by atoms with Gasteiger partial charge in [-0.2, -0.15) is 26.3 Å². The molecule has 3 aromatic rings. The predicted octanol–water partition coefficient (Wildman–Crippen LogP) is 7.60. The van der Waals surface area contributed by atoms with Crippen LogP contribution in [0.25, 0.3) is 22.4 Å². The molecule has 1 aliphatic rings. The zero-order chi connectivity index (χ0) is 29.8. The highest BCUT2D eigenvalue weighted by atomic mass is 35.5. The van der Waals surface area contributed by atoms with Crippen molar-refractivity contribution in [2.75, 3.05) is 0 Å². The Morgan fingerprint density at radius 3 is 2.17 bits per heavy atom. The van der Waals surface area contributed by atoms with Gasteiger partial charge in [0.1, 0.15) is 11.2 Å². The monoisotopic (exact) mass is 586 g/mol. The summed E-state index contributed by atoms with van der Waals surface area (Å²) in [5, 5.41) is 13.3. The second-order valence-electron chi connectivity index (χ2n) is 10.7. The number of halogens is 7. The summed E-state index contributed by atoms with van der Waals surface area (Å²) in [6, 6.07) is 8.17. The molecule has 1 unspecified atom stereocenters. The maximum absolute atomic E-state index is 14.2.